The molecule has 0 spiro atoms. The summed E-state index contributed by atoms with van der Waals surface area (Å²) >= 11 is 0. The molecule has 0 radical (unpaired) electrons. The molecular formula is C45H28N4O. The molecule has 6 aromatic carbocycles. The summed E-state index contributed by atoms with van der Waals surface area (Å²) in [4.78, 5) is 14.9. The summed E-state index contributed by atoms with van der Waals surface area (Å²) in [6.07, 6.45) is 4.28. The first-order valence-electron chi connectivity index (χ1n) is 16.8. The first kappa shape index (κ1) is 28.3. The van der Waals surface area contributed by atoms with E-state index in [1.165, 1.54) is 27.8 Å². The number of nitrogens with zero attached hydrogens (tertiary/aromatic N) is 4. The third-order valence-electron chi connectivity index (χ3n) is 9.66. The fourth-order valence-electron chi connectivity index (χ4n) is 7.31. The number of rotatable bonds is 5. The molecule has 5 nitrogen and oxygen atoms in total. The van der Waals surface area contributed by atoms with Crippen LogP contribution in [0.15, 0.2) is 144 Å². The van der Waals surface area contributed by atoms with Crippen LogP contribution in [0.2, 0.25) is 0 Å². The van der Waals surface area contributed by atoms with Crippen molar-refractivity contribution in [3.05, 3.63) is 168 Å². The number of aromatic nitrogens is 4. The van der Waals surface area contributed by atoms with E-state index in [2.05, 4.69) is 102 Å². The van der Waals surface area contributed by atoms with E-state index >= 15 is 0 Å². The van der Waals surface area contributed by atoms with E-state index in [4.69, 9.17) is 19.4 Å². The predicted molar refractivity (Wildman–Crippen MR) is 201 cm³/mol. The summed E-state index contributed by atoms with van der Waals surface area (Å²) in [6.45, 7) is 0. The van der Waals surface area contributed by atoms with Crippen LogP contribution in [0.3, 0.4) is 0 Å². The monoisotopic (exact) mass is 640 g/mol. The highest BCUT2D eigenvalue weighted by Crippen LogP contribution is 2.43. The van der Waals surface area contributed by atoms with Crippen LogP contribution in [-0.2, 0) is 6.42 Å². The van der Waals surface area contributed by atoms with Crippen LogP contribution in [0, 0.1) is 12.1 Å². The van der Waals surface area contributed by atoms with E-state index in [1.54, 1.807) is 0 Å². The van der Waals surface area contributed by atoms with E-state index in [1.807, 2.05) is 60.7 Å². The summed E-state index contributed by atoms with van der Waals surface area (Å²) in [5, 5.41) is 3.44. The van der Waals surface area contributed by atoms with Crippen LogP contribution in [-0.4, -0.2) is 19.5 Å². The molecule has 0 amide bonds. The van der Waals surface area contributed by atoms with Gasteiger partial charge in [0, 0.05) is 38.5 Å². The molecule has 0 fully saturated rings. The van der Waals surface area contributed by atoms with Crippen molar-refractivity contribution >= 4 is 44.5 Å². The van der Waals surface area contributed by atoms with E-state index in [0.29, 0.717) is 17.5 Å². The van der Waals surface area contributed by atoms with Crippen LogP contribution in [0.25, 0.3) is 84.3 Å². The van der Waals surface area contributed by atoms with Gasteiger partial charge in [0.25, 0.3) is 0 Å². The Hall–Kier alpha value is -6.77. The molecule has 0 saturated carbocycles. The maximum absolute atomic E-state index is 6.68. The van der Waals surface area contributed by atoms with Gasteiger partial charge < -0.3 is 8.98 Å². The average Bonchev–Trinajstić information content (AvgIpc) is 3.74. The Morgan fingerprint density at radius 3 is 2.06 bits per heavy atom. The Kier molecular flexibility index (Phi) is 6.46. The van der Waals surface area contributed by atoms with Crippen LogP contribution in [0.5, 0.6) is 0 Å². The van der Waals surface area contributed by atoms with E-state index < -0.39 is 0 Å². The predicted octanol–water partition coefficient (Wildman–Crippen LogP) is 10.8. The summed E-state index contributed by atoms with van der Waals surface area (Å²) in [5.41, 5.74) is 11.6. The molecule has 234 valence electrons. The zero-order chi connectivity index (χ0) is 33.0. The summed E-state index contributed by atoms with van der Waals surface area (Å²) in [7, 11) is 0. The molecule has 9 aromatic rings. The normalized spacial score (nSPS) is 12.6. The molecule has 3 aromatic heterocycles. The Morgan fingerprint density at radius 1 is 0.560 bits per heavy atom. The van der Waals surface area contributed by atoms with E-state index in [-0.39, 0.29) is 0 Å². The highest BCUT2D eigenvalue weighted by atomic mass is 16.3. The number of fused-ring (bicyclic) bond motifs is 7. The molecule has 5 heteroatoms. The molecule has 0 N–H and O–H groups in total. The van der Waals surface area contributed by atoms with Crippen LogP contribution < -0.4 is 0 Å². The second-order valence-corrected chi connectivity index (χ2v) is 12.6. The highest BCUT2D eigenvalue weighted by molar-refractivity contribution is 6.16. The lowest BCUT2D eigenvalue weighted by atomic mass is 9.91. The van der Waals surface area contributed by atoms with Gasteiger partial charge in [-0.15, -0.1) is 0 Å². The molecule has 10 rings (SSSR count). The smallest absolute Gasteiger partial charge is 0.164 e. The van der Waals surface area contributed by atoms with Crippen LogP contribution in [0.1, 0.15) is 23.2 Å². The van der Waals surface area contributed by atoms with Gasteiger partial charge in [0.15, 0.2) is 23.1 Å². The number of hydrogen-bond acceptors (Lipinski definition) is 4. The molecule has 3 heterocycles. The second kappa shape index (κ2) is 11.4. The number of furan rings is 1. The Balaban J connectivity index is 1.23. The summed E-state index contributed by atoms with van der Waals surface area (Å²) in [5.74, 6) is 1.81. The van der Waals surface area contributed by atoms with Crippen molar-refractivity contribution in [2.75, 3.05) is 0 Å². The molecule has 0 atom stereocenters. The van der Waals surface area contributed by atoms with Crippen molar-refractivity contribution in [3.63, 3.8) is 0 Å². The minimum absolute atomic E-state index is 0.590. The first-order chi connectivity index (χ1) is 24.8. The average molecular weight is 641 g/mol. The van der Waals surface area contributed by atoms with E-state index in [9.17, 15) is 0 Å². The molecule has 1 aliphatic carbocycles. The van der Waals surface area contributed by atoms with Crippen LogP contribution in [0.4, 0.5) is 0 Å². The standard InChI is InChI=1S/C45H28N4O/c1-4-13-29(14-5-1)32-23-24-35-37-25-26-38-36-21-10-11-22-40(36)50-42(38)41(37)49(39(35)28-32)34-20-12-19-33(27-34)45-47-43(30-15-6-2-7-16-30)46-44(48-45)31-17-8-3-9-18-31/h1-2,4-8,10-22,25-28H,23-24H2. The largest absolute Gasteiger partial charge is 0.454 e. The van der Waals surface area contributed by atoms with Gasteiger partial charge in [0.1, 0.15) is 5.58 Å². The van der Waals surface area contributed by atoms with Crippen molar-refractivity contribution in [2.45, 2.75) is 12.8 Å². The number of para-hydroxylation sites is 1. The third-order valence-corrected chi connectivity index (χ3v) is 9.66. The van der Waals surface area contributed by atoms with Gasteiger partial charge in [-0.3, -0.25) is 0 Å². The van der Waals surface area contributed by atoms with Gasteiger partial charge in [0.2, 0.25) is 0 Å². The lowest BCUT2D eigenvalue weighted by molar-refractivity contribution is 0.671. The Morgan fingerprint density at radius 2 is 1.26 bits per heavy atom. The van der Waals surface area contributed by atoms with Gasteiger partial charge >= 0.3 is 0 Å². The number of allylic oxidation sites excluding steroid dienone is 1. The highest BCUT2D eigenvalue weighted by Gasteiger charge is 2.25. The number of benzene rings is 5. The van der Waals surface area contributed by atoms with Crippen molar-refractivity contribution in [1.29, 1.82) is 0 Å². The van der Waals surface area contributed by atoms with Gasteiger partial charge in [-0.2, -0.15) is 0 Å². The topological polar surface area (TPSA) is 56.7 Å². The van der Waals surface area contributed by atoms with Crippen molar-refractivity contribution in [1.82, 2.24) is 19.5 Å². The fourth-order valence-corrected chi connectivity index (χ4v) is 7.31. The maximum Gasteiger partial charge on any atom is 0.164 e. The summed E-state index contributed by atoms with van der Waals surface area (Å²) < 4.78 is 9.06. The van der Waals surface area contributed by atoms with Crippen molar-refractivity contribution in [2.24, 2.45) is 0 Å². The zero-order valence-electron chi connectivity index (χ0n) is 27.0. The Labute approximate surface area is 288 Å². The number of aryl methyl sites for hydroxylation is 1. The Bertz CT molecular complexity index is 2680. The molecule has 50 heavy (non-hydrogen) atoms. The first-order valence-corrected chi connectivity index (χ1v) is 16.8. The minimum Gasteiger partial charge on any atom is -0.454 e. The third kappa shape index (κ3) is 4.62. The lowest BCUT2D eigenvalue weighted by Gasteiger charge is -2.17. The van der Waals surface area contributed by atoms with Crippen molar-refractivity contribution in [3.8, 4) is 39.9 Å². The number of hydrogen-bond donors (Lipinski definition) is 0. The van der Waals surface area contributed by atoms with Gasteiger partial charge in [-0.1, -0.05) is 109 Å². The molecule has 0 bridgehead atoms. The SMILES string of the molecule is c1ccc(-c2nc(-c3ccccc3)nc(-c3cccc(-n4c5c(c6ccc7c8ccccc8oc7c64)CCC(c4ccccc4)=C5)c3)n2)cc#1. The maximum atomic E-state index is 6.68. The van der Waals surface area contributed by atoms with Gasteiger partial charge in [-0.05, 0) is 78.1 Å². The quantitative estimate of drug-likeness (QED) is 0.188. The van der Waals surface area contributed by atoms with Crippen LogP contribution >= 0.6 is 0 Å². The van der Waals surface area contributed by atoms with Gasteiger partial charge in [0.05, 0.1) is 11.2 Å². The molecule has 1 aliphatic rings. The second-order valence-electron chi connectivity index (χ2n) is 12.6. The molecule has 0 unspecified atom stereocenters. The van der Waals surface area contributed by atoms with Gasteiger partial charge in [-0.25, -0.2) is 15.0 Å². The fraction of sp³-hybridized carbons (Fsp3) is 0.0444. The van der Waals surface area contributed by atoms with E-state index in [0.717, 1.165) is 62.7 Å². The zero-order valence-corrected chi connectivity index (χ0v) is 27.0. The lowest BCUT2D eigenvalue weighted by Crippen LogP contribution is -2.04. The van der Waals surface area contributed by atoms with Crippen molar-refractivity contribution < 1.29 is 4.42 Å². The molecule has 0 saturated heterocycles. The molecule has 0 aliphatic heterocycles. The molecular weight excluding hydrogens is 613 g/mol. The minimum atomic E-state index is 0.590. The summed E-state index contributed by atoms with van der Waals surface area (Å²) in [6, 6.07) is 53.7.